The van der Waals surface area contributed by atoms with Gasteiger partial charge in [-0.2, -0.15) is 0 Å². The molecule has 0 aliphatic carbocycles. The summed E-state index contributed by atoms with van der Waals surface area (Å²) in [5.41, 5.74) is 1.01. The van der Waals surface area contributed by atoms with Crippen LogP contribution in [0.15, 0.2) is 30.3 Å². The highest BCUT2D eigenvalue weighted by molar-refractivity contribution is 6.40. The molecule has 1 fully saturated rings. The van der Waals surface area contributed by atoms with E-state index in [1.54, 1.807) is 0 Å². The average Bonchev–Trinajstić information content (AvgIpc) is 2.88. The quantitative estimate of drug-likeness (QED) is 0.568. The van der Waals surface area contributed by atoms with E-state index in [0.29, 0.717) is 32.6 Å². The van der Waals surface area contributed by atoms with Gasteiger partial charge in [-0.25, -0.2) is 0 Å². The van der Waals surface area contributed by atoms with Crippen LogP contribution >= 0.6 is 0 Å². The summed E-state index contributed by atoms with van der Waals surface area (Å²) in [5.74, 6) is 0. The molecule has 0 aromatic heterocycles. The van der Waals surface area contributed by atoms with Crippen molar-refractivity contribution in [2.45, 2.75) is 25.1 Å². The highest BCUT2D eigenvalue weighted by atomic mass is 16.7. The average molecular weight is 266 g/mol. The van der Waals surface area contributed by atoms with Crippen LogP contribution in [-0.2, 0) is 14.2 Å². The van der Waals surface area contributed by atoms with Crippen molar-refractivity contribution in [2.24, 2.45) is 0 Å². The van der Waals surface area contributed by atoms with Gasteiger partial charge in [-0.15, -0.1) is 0 Å². The van der Waals surface area contributed by atoms with Crippen molar-refractivity contribution in [1.29, 1.82) is 0 Å². The standard InChI is InChI=1S/C13H19BO5/c15-14(16)7-4-8-17-9-12-10-18-13(19-12)11-5-2-1-3-6-11/h1-3,5-6,12-13,15-16H,4,7-10H2. The summed E-state index contributed by atoms with van der Waals surface area (Å²) in [6.45, 7) is 1.47. The van der Waals surface area contributed by atoms with Crippen molar-refractivity contribution in [2.75, 3.05) is 19.8 Å². The fourth-order valence-electron chi connectivity index (χ4n) is 1.90. The van der Waals surface area contributed by atoms with Crippen LogP contribution in [0.5, 0.6) is 0 Å². The van der Waals surface area contributed by atoms with Crippen molar-refractivity contribution in [3.8, 4) is 0 Å². The minimum Gasteiger partial charge on any atom is -0.427 e. The number of hydrogen-bond donors (Lipinski definition) is 2. The molecule has 1 aromatic carbocycles. The summed E-state index contributed by atoms with van der Waals surface area (Å²) in [6, 6.07) is 9.79. The van der Waals surface area contributed by atoms with Crippen molar-refractivity contribution in [3.63, 3.8) is 0 Å². The van der Waals surface area contributed by atoms with E-state index in [0.717, 1.165) is 5.56 Å². The van der Waals surface area contributed by atoms with Crippen molar-refractivity contribution >= 4 is 7.12 Å². The van der Waals surface area contributed by atoms with Gasteiger partial charge in [0.1, 0.15) is 6.10 Å². The Bertz CT molecular complexity index is 359. The van der Waals surface area contributed by atoms with Gasteiger partial charge in [0.05, 0.1) is 13.2 Å². The maximum Gasteiger partial charge on any atom is 0.451 e. The van der Waals surface area contributed by atoms with Gasteiger partial charge in [0, 0.05) is 12.2 Å². The molecular weight excluding hydrogens is 247 g/mol. The van der Waals surface area contributed by atoms with Gasteiger partial charge in [-0.05, 0) is 12.7 Å². The molecule has 0 amide bonds. The van der Waals surface area contributed by atoms with E-state index in [9.17, 15) is 0 Å². The fraction of sp³-hybridized carbons (Fsp3) is 0.538. The lowest BCUT2D eigenvalue weighted by molar-refractivity contribution is -0.0737. The number of benzene rings is 1. The van der Waals surface area contributed by atoms with Crippen LogP contribution in [0.2, 0.25) is 6.32 Å². The van der Waals surface area contributed by atoms with Gasteiger partial charge in [0.25, 0.3) is 0 Å². The molecular formula is C13H19BO5. The topological polar surface area (TPSA) is 68.2 Å². The summed E-state index contributed by atoms with van der Waals surface area (Å²) in [7, 11) is -1.25. The van der Waals surface area contributed by atoms with E-state index in [1.165, 1.54) is 0 Å². The van der Waals surface area contributed by atoms with Crippen LogP contribution in [0.3, 0.4) is 0 Å². The Morgan fingerprint density at radius 3 is 2.79 bits per heavy atom. The summed E-state index contributed by atoms with van der Waals surface area (Å²) in [4.78, 5) is 0. The van der Waals surface area contributed by atoms with Crippen LogP contribution in [0, 0.1) is 0 Å². The normalized spacial score (nSPS) is 22.6. The Labute approximate surface area is 113 Å². The van der Waals surface area contributed by atoms with Gasteiger partial charge in [-0.1, -0.05) is 30.3 Å². The molecule has 2 N–H and O–H groups in total. The van der Waals surface area contributed by atoms with E-state index in [4.69, 9.17) is 24.3 Å². The van der Waals surface area contributed by atoms with Crippen LogP contribution in [0.4, 0.5) is 0 Å². The van der Waals surface area contributed by atoms with Gasteiger partial charge in [0.2, 0.25) is 0 Å². The van der Waals surface area contributed by atoms with Crippen LogP contribution in [0.1, 0.15) is 18.3 Å². The lowest BCUT2D eigenvalue weighted by Gasteiger charge is -2.12. The first-order valence-electron chi connectivity index (χ1n) is 6.51. The molecule has 5 nitrogen and oxygen atoms in total. The SMILES string of the molecule is OB(O)CCCOCC1COC(c2ccccc2)O1. The molecule has 6 heteroatoms. The zero-order valence-electron chi connectivity index (χ0n) is 10.8. The van der Waals surface area contributed by atoms with E-state index >= 15 is 0 Å². The van der Waals surface area contributed by atoms with Crippen molar-refractivity contribution in [1.82, 2.24) is 0 Å². The lowest BCUT2D eigenvalue weighted by atomic mass is 9.85. The molecule has 2 atom stereocenters. The molecule has 0 spiro atoms. The number of rotatable bonds is 7. The highest BCUT2D eigenvalue weighted by Crippen LogP contribution is 2.26. The highest BCUT2D eigenvalue weighted by Gasteiger charge is 2.27. The summed E-state index contributed by atoms with van der Waals surface area (Å²) < 4.78 is 16.7. The minimum atomic E-state index is -1.25. The Balaban J connectivity index is 1.63. The third kappa shape index (κ3) is 4.93. The Morgan fingerprint density at radius 1 is 1.26 bits per heavy atom. The molecule has 104 valence electrons. The Kier molecular flexibility index (Phi) is 5.81. The van der Waals surface area contributed by atoms with Crippen LogP contribution in [-0.4, -0.2) is 43.1 Å². The molecule has 1 aliphatic heterocycles. The maximum absolute atomic E-state index is 8.68. The van der Waals surface area contributed by atoms with Gasteiger partial charge in [-0.3, -0.25) is 0 Å². The minimum absolute atomic E-state index is 0.0655. The Morgan fingerprint density at radius 2 is 2.05 bits per heavy atom. The molecule has 1 saturated heterocycles. The molecule has 1 heterocycles. The van der Waals surface area contributed by atoms with Crippen molar-refractivity contribution in [3.05, 3.63) is 35.9 Å². The molecule has 1 aliphatic rings. The summed E-state index contributed by atoms with van der Waals surface area (Å²) >= 11 is 0. The molecule has 0 radical (unpaired) electrons. The molecule has 0 bridgehead atoms. The zero-order chi connectivity index (χ0) is 13.5. The second-order valence-corrected chi connectivity index (χ2v) is 4.53. The van der Waals surface area contributed by atoms with Gasteiger partial charge < -0.3 is 24.3 Å². The largest absolute Gasteiger partial charge is 0.451 e. The van der Waals surface area contributed by atoms with E-state index in [-0.39, 0.29) is 12.4 Å². The maximum atomic E-state index is 8.68. The second-order valence-electron chi connectivity index (χ2n) is 4.53. The third-order valence-corrected chi connectivity index (χ3v) is 2.88. The fourth-order valence-corrected chi connectivity index (χ4v) is 1.90. The van der Waals surface area contributed by atoms with Crippen LogP contribution < -0.4 is 0 Å². The molecule has 2 unspecified atom stereocenters. The number of hydrogen-bond acceptors (Lipinski definition) is 5. The van der Waals surface area contributed by atoms with Gasteiger partial charge >= 0.3 is 7.12 Å². The first kappa shape index (κ1) is 14.5. The lowest BCUT2D eigenvalue weighted by Crippen LogP contribution is -2.19. The molecule has 19 heavy (non-hydrogen) atoms. The first-order valence-corrected chi connectivity index (χ1v) is 6.51. The Hall–Kier alpha value is -0.915. The third-order valence-electron chi connectivity index (χ3n) is 2.88. The molecule has 0 saturated carbocycles. The zero-order valence-corrected chi connectivity index (χ0v) is 10.8. The first-order chi connectivity index (χ1) is 9.25. The van der Waals surface area contributed by atoms with E-state index in [2.05, 4.69) is 0 Å². The monoisotopic (exact) mass is 266 g/mol. The summed E-state index contributed by atoms with van der Waals surface area (Å²) in [5, 5.41) is 17.4. The summed E-state index contributed by atoms with van der Waals surface area (Å²) in [6.07, 6.45) is 0.570. The number of ether oxygens (including phenoxy) is 3. The van der Waals surface area contributed by atoms with Crippen molar-refractivity contribution < 1.29 is 24.3 Å². The molecule has 2 rings (SSSR count). The smallest absolute Gasteiger partial charge is 0.427 e. The predicted molar refractivity (Wildman–Crippen MR) is 70.4 cm³/mol. The predicted octanol–water partition coefficient (Wildman–Crippen LogP) is 0.980. The van der Waals surface area contributed by atoms with Crippen LogP contribution in [0.25, 0.3) is 0 Å². The second kappa shape index (κ2) is 7.62. The van der Waals surface area contributed by atoms with Gasteiger partial charge in [0.15, 0.2) is 6.29 Å². The van der Waals surface area contributed by atoms with E-state index in [1.807, 2.05) is 30.3 Å². The van der Waals surface area contributed by atoms with E-state index < -0.39 is 7.12 Å². The molecule has 1 aromatic rings.